The van der Waals surface area contributed by atoms with Gasteiger partial charge in [-0.25, -0.2) is 9.78 Å². The third kappa shape index (κ3) is 4.51. The fraction of sp³-hybridized carbons (Fsp3) is 0.278. The second-order valence-corrected chi connectivity index (χ2v) is 7.06. The maximum Gasteiger partial charge on any atom is 0.416 e. The molecule has 2 aromatic heterocycles. The molecule has 3 aromatic rings. The molecule has 1 amide bonds. The van der Waals surface area contributed by atoms with E-state index in [2.05, 4.69) is 10.3 Å². The third-order valence-electron chi connectivity index (χ3n) is 4.45. The number of hydrogen-bond acceptors (Lipinski definition) is 6. The van der Waals surface area contributed by atoms with Crippen molar-refractivity contribution in [1.82, 2.24) is 18.7 Å². The predicted octanol–water partition coefficient (Wildman–Crippen LogP) is 1.29. The van der Waals surface area contributed by atoms with Crippen LogP contribution in [-0.2, 0) is 41.1 Å². The molecule has 170 valence electrons. The van der Waals surface area contributed by atoms with Gasteiger partial charge in [0.05, 0.1) is 22.6 Å². The SMILES string of the molecule is Cn1c(=O)c2c(ncn2CC(=O)OCC(=O)Nc2cc(C(F)(F)F)ccc2Cl)n(C)c1=O. The molecule has 0 saturated carbocycles. The molecule has 32 heavy (non-hydrogen) atoms. The Balaban J connectivity index is 1.68. The Morgan fingerprint density at radius 1 is 1.19 bits per heavy atom. The quantitative estimate of drug-likeness (QED) is 0.558. The average molecular weight is 474 g/mol. The zero-order chi connectivity index (χ0) is 23.8. The summed E-state index contributed by atoms with van der Waals surface area (Å²) in [6.07, 6.45) is -3.47. The van der Waals surface area contributed by atoms with E-state index in [-0.39, 0.29) is 21.9 Å². The van der Waals surface area contributed by atoms with E-state index >= 15 is 0 Å². The molecule has 2 heterocycles. The van der Waals surface area contributed by atoms with E-state index in [4.69, 9.17) is 16.3 Å². The van der Waals surface area contributed by atoms with Gasteiger partial charge in [0.15, 0.2) is 17.8 Å². The van der Waals surface area contributed by atoms with Crippen molar-refractivity contribution in [1.29, 1.82) is 0 Å². The molecule has 0 radical (unpaired) electrons. The average Bonchev–Trinajstić information content (AvgIpc) is 3.13. The number of hydrogen-bond donors (Lipinski definition) is 1. The molecule has 10 nitrogen and oxygen atoms in total. The van der Waals surface area contributed by atoms with Gasteiger partial charge in [-0.1, -0.05) is 11.6 Å². The van der Waals surface area contributed by atoms with Crippen LogP contribution >= 0.6 is 11.6 Å². The summed E-state index contributed by atoms with van der Waals surface area (Å²) in [6, 6.07) is 2.39. The molecule has 0 aliphatic rings. The van der Waals surface area contributed by atoms with Crippen LogP contribution in [0, 0.1) is 0 Å². The largest absolute Gasteiger partial charge is 0.454 e. The fourth-order valence-corrected chi connectivity index (χ4v) is 3.00. The van der Waals surface area contributed by atoms with Crippen molar-refractivity contribution in [2.24, 2.45) is 14.1 Å². The van der Waals surface area contributed by atoms with Crippen molar-refractivity contribution in [3.63, 3.8) is 0 Å². The van der Waals surface area contributed by atoms with Crippen molar-refractivity contribution >= 4 is 40.3 Å². The highest BCUT2D eigenvalue weighted by molar-refractivity contribution is 6.33. The van der Waals surface area contributed by atoms with Crippen LogP contribution in [0.3, 0.4) is 0 Å². The van der Waals surface area contributed by atoms with Gasteiger partial charge in [0.1, 0.15) is 6.54 Å². The highest BCUT2D eigenvalue weighted by Crippen LogP contribution is 2.33. The summed E-state index contributed by atoms with van der Waals surface area (Å²) in [6.45, 7) is -1.31. The third-order valence-corrected chi connectivity index (χ3v) is 4.78. The highest BCUT2D eigenvalue weighted by Gasteiger charge is 2.31. The first kappa shape index (κ1) is 23.1. The molecule has 0 bridgehead atoms. The second kappa shape index (κ2) is 8.49. The van der Waals surface area contributed by atoms with Crippen molar-refractivity contribution < 1.29 is 27.5 Å². The lowest BCUT2D eigenvalue weighted by atomic mass is 10.2. The van der Waals surface area contributed by atoms with Gasteiger partial charge in [-0.05, 0) is 18.2 Å². The van der Waals surface area contributed by atoms with Gasteiger partial charge in [0.2, 0.25) is 0 Å². The summed E-state index contributed by atoms with van der Waals surface area (Å²) in [4.78, 5) is 52.3. The molecule has 0 saturated heterocycles. The lowest BCUT2D eigenvalue weighted by Crippen LogP contribution is -2.37. The molecule has 0 aliphatic heterocycles. The van der Waals surface area contributed by atoms with Crippen LogP contribution in [0.2, 0.25) is 5.02 Å². The lowest BCUT2D eigenvalue weighted by molar-refractivity contribution is -0.147. The molecular weight excluding hydrogens is 459 g/mol. The van der Waals surface area contributed by atoms with Crippen LogP contribution < -0.4 is 16.6 Å². The van der Waals surface area contributed by atoms with E-state index in [1.165, 1.54) is 14.1 Å². The molecular formula is C18H15ClF3N5O5. The number of anilines is 1. The smallest absolute Gasteiger partial charge is 0.416 e. The number of benzene rings is 1. The Bertz CT molecular complexity index is 1340. The van der Waals surface area contributed by atoms with E-state index in [0.29, 0.717) is 6.07 Å². The number of esters is 1. The van der Waals surface area contributed by atoms with Crippen molar-refractivity contribution in [2.75, 3.05) is 11.9 Å². The van der Waals surface area contributed by atoms with Crippen LogP contribution in [0.25, 0.3) is 11.2 Å². The monoisotopic (exact) mass is 473 g/mol. The molecule has 0 atom stereocenters. The molecule has 1 N–H and O–H groups in total. The molecule has 3 rings (SSSR count). The number of carbonyl (C=O) groups is 2. The number of nitrogens with zero attached hydrogens (tertiary/aromatic N) is 4. The zero-order valence-corrected chi connectivity index (χ0v) is 17.3. The van der Waals surface area contributed by atoms with Gasteiger partial charge in [0.25, 0.3) is 11.5 Å². The minimum Gasteiger partial charge on any atom is -0.454 e. The summed E-state index contributed by atoms with van der Waals surface area (Å²) >= 11 is 5.80. The summed E-state index contributed by atoms with van der Waals surface area (Å²) in [7, 11) is 2.67. The Labute approximate surface area is 181 Å². The number of halogens is 4. The van der Waals surface area contributed by atoms with Gasteiger partial charge in [-0.2, -0.15) is 13.2 Å². The topological polar surface area (TPSA) is 117 Å². The first-order valence-corrected chi connectivity index (χ1v) is 9.21. The molecule has 1 aromatic carbocycles. The number of aromatic nitrogens is 4. The van der Waals surface area contributed by atoms with Crippen LogP contribution in [0.1, 0.15) is 5.56 Å². The highest BCUT2D eigenvalue weighted by atomic mass is 35.5. The number of ether oxygens (including phenoxy) is 1. The van der Waals surface area contributed by atoms with Crippen LogP contribution in [-0.4, -0.2) is 37.2 Å². The Morgan fingerprint density at radius 3 is 2.53 bits per heavy atom. The van der Waals surface area contributed by atoms with Crippen molar-refractivity contribution in [3.8, 4) is 0 Å². The number of aryl methyl sites for hydroxylation is 1. The number of carbonyl (C=O) groups excluding carboxylic acids is 2. The maximum absolute atomic E-state index is 12.8. The van der Waals surface area contributed by atoms with Crippen molar-refractivity contribution in [2.45, 2.75) is 12.7 Å². The summed E-state index contributed by atoms with van der Waals surface area (Å²) in [5, 5.41) is 2.00. The van der Waals surface area contributed by atoms with Crippen molar-refractivity contribution in [3.05, 3.63) is 56.0 Å². The lowest BCUT2D eigenvalue weighted by Gasteiger charge is -2.12. The first-order chi connectivity index (χ1) is 14.9. The summed E-state index contributed by atoms with van der Waals surface area (Å²) < 4.78 is 46.4. The van der Waals surface area contributed by atoms with Gasteiger partial charge in [-0.15, -0.1) is 0 Å². The number of nitrogens with one attached hydrogen (secondary N) is 1. The molecule has 0 unspecified atom stereocenters. The van der Waals surface area contributed by atoms with Gasteiger partial charge in [-0.3, -0.25) is 23.5 Å². The number of alkyl halides is 3. The number of fused-ring (bicyclic) bond motifs is 1. The first-order valence-electron chi connectivity index (χ1n) is 8.83. The molecule has 14 heteroatoms. The maximum atomic E-state index is 12.8. The number of rotatable bonds is 5. The Morgan fingerprint density at radius 2 is 1.88 bits per heavy atom. The second-order valence-electron chi connectivity index (χ2n) is 6.65. The van der Waals surface area contributed by atoms with Crippen LogP contribution in [0.15, 0.2) is 34.1 Å². The Hall–Kier alpha value is -3.61. The number of imidazole rings is 1. The van der Waals surface area contributed by atoms with Gasteiger partial charge < -0.3 is 14.6 Å². The van der Waals surface area contributed by atoms with E-state index in [0.717, 1.165) is 32.2 Å². The molecule has 0 aliphatic carbocycles. The van der Waals surface area contributed by atoms with E-state index < -0.39 is 48.0 Å². The summed E-state index contributed by atoms with van der Waals surface area (Å²) in [5.74, 6) is -1.85. The van der Waals surface area contributed by atoms with E-state index in [9.17, 15) is 32.3 Å². The molecule has 0 fully saturated rings. The summed E-state index contributed by atoms with van der Waals surface area (Å²) in [5.41, 5.74) is -2.55. The predicted molar refractivity (Wildman–Crippen MR) is 106 cm³/mol. The van der Waals surface area contributed by atoms with Gasteiger partial charge >= 0.3 is 17.8 Å². The Kier molecular flexibility index (Phi) is 6.12. The zero-order valence-electron chi connectivity index (χ0n) is 16.6. The van der Waals surface area contributed by atoms with Gasteiger partial charge in [0, 0.05) is 14.1 Å². The minimum atomic E-state index is -4.63. The normalized spacial score (nSPS) is 11.6. The fourth-order valence-electron chi connectivity index (χ4n) is 2.83. The van der Waals surface area contributed by atoms with E-state index in [1.54, 1.807) is 0 Å². The minimum absolute atomic E-state index is 0.0215. The standard InChI is InChI=1S/C18H15ClF3N5O5/c1-25-15-14(16(30)26(2)17(25)31)27(8-23-15)6-13(29)32-7-12(28)24-11-5-9(18(20,21)22)3-4-10(11)19/h3-5,8H,6-7H2,1-2H3,(H,24,28). The van der Waals surface area contributed by atoms with Crippen LogP contribution in [0.5, 0.6) is 0 Å². The molecule has 0 spiro atoms. The number of amides is 1. The van der Waals surface area contributed by atoms with Crippen LogP contribution in [0.4, 0.5) is 18.9 Å². The van der Waals surface area contributed by atoms with E-state index in [1.807, 2.05) is 0 Å².